The summed E-state index contributed by atoms with van der Waals surface area (Å²) in [6.07, 6.45) is 0. The van der Waals surface area contributed by atoms with E-state index >= 15 is 0 Å². The lowest BCUT2D eigenvalue weighted by Crippen LogP contribution is -2.46. The minimum atomic E-state index is -0.871. The lowest BCUT2D eigenvalue weighted by atomic mass is 9.94. The molecule has 0 unspecified atom stereocenters. The fraction of sp³-hybridized carbons (Fsp3) is 0.200. The molecule has 0 fully saturated rings. The summed E-state index contributed by atoms with van der Waals surface area (Å²) in [4.78, 5) is 35.7. The van der Waals surface area contributed by atoms with Crippen LogP contribution in [0.1, 0.15) is 29.7 Å². The quantitative estimate of drug-likeness (QED) is 0.515. The van der Waals surface area contributed by atoms with Gasteiger partial charge in [-0.15, -0.1) is 0 Å². The molecule has 150 valence electrons. The molecule has 1 aliphatic rings. The van der Waals surface area contributed by atoms with Gasteiger partial charge in [-0.2, -0.15) is 0 Å². The molecule has 29 heavy (non-hydrogen) atoms. The molecular formula is C20H19ClN4O4. The molecule has 0 spiro atoms. The average molecular weight is 415 g/mol. The van der Waals surface area contributed by atoms with E-state index in [1.165, 1.54) is 12.1 Å². The molecule has 0 bridgehead atoms. The van der Waals surface area contributed by atoms with Crippen molar-refractivity contribution in [2.45, 2.75) is 26.8 Å². The highest BCUT2D eigenvalue weighted by atomic mass is 35.5. The average Bonchev–Trinajstić information content (AvgIpc) is 2.64. The maximum absolute atomic E-state index is 13.1. The molecule has 0 radical (unpaired) electrons. The minimum Gasteiger partial charge on any atom is -0.327 e. The number of nitro groups is 1. The summed E-state index contributed by atoms with van der Waals surface area (Å²) in [7, 11) is 0. The van der Waals surface area contributed by atoms with E-state index in [-0.39, 0.29) is 16.3 Å². The molecule has 0 saturated carbocycles. The van der Waals surface area contributed by atoms with Crippen molar-refractivity contribution in [3.8, 4) is 0 Å². The summed E-state index contributed by atoms with van der Waals surface area (Å²) in [5.41, 5.74) is 3.28. The first-order chi connectivity index (χ1) is 13.7. The van der Waals surface area contributed by atoms with E-state index in [1.54, 1.807) is 19.1 Å². The first-order valence-electron chi connectivity index (χ1n) is 8.78. The molecule has 0 aromatic heterocycles. The molecular weight excluding hydrogens is 396 g/mol. The van der Waals surface area contributed by atoms with Crippen LogP contribution in [0.15, 0.2) is 47.7 Å². The number of aryl methyl sites for hydroxylation is 1. The van der Waals surface area contributed by atoms with Gasteiger partial charge in [0.2, 0.25) is 0 Å². The lowest BCUT2D eigenvalue weighted by Gasteiger charge is -2.29. The first-order valence-corrected chi connectivity index (χ1v) is 9.16. The highest BCUT2D eigenvalue weighted by molar-refractivity contribution is 6.32. The molecule has 0 aliphatic carbocycles. The molecule has 2 aromatic carbocycles. The molecule has 3 N–H and O–H groups in total. The van der Waals surface area contributed by atoms with E-state index in [4.69, 9.17) is 11.6 Å². The van der Waals surface area contributed by atoms with Gasteiger partial charge in [0.15, 0.2) is 0 Å². The topological polar surface area (TPSA) is 113 Å². The largest absolute Gasteiger partial charge is 0.327 e. The van der Waals surface area contributed by atoms with Gasteiger partial charge in [0.05, 0.1) is 16.5 Å². The number of allylic oxidation sites excluding steroid dienone is 1. The first kappa shape index (κ1) is 20.3. The van der Waals surface area contributed by atoms with E-state index in [0.717, 1.165) is 11.1 Å². The Balaban J connectivity index is 2.02. The highest BCUT2D eigenvalue weighted by Gasteiger charge is 2.32. The monoisotopic (exact) mass is 414 g/mol. The number of amides is 3. The normalized spacial score (nSPS) is 16.1. The Hall–Kier alpha value is -3.39. The van der Waals surface area contributed by atoms with Crippen molar-refractivity contribution in [3.05, 3.63) is 79.5 Å². The zero-order valence-electron chi connectivity index (χ0n) is 16.0. The predicted molar refractivity (Wildman–Crippen MR) is 110 cm³/mol. The van der Waals surface area contributed by atoms with Crippen molar-refractivity contribution in [1.82, 2.24) is 10.6 Å². The summed E-state index contributed by atoms with van der Waals surface area (Å²) in [6, 6.07) is 8.36. The third-order valence-corrected chi connectivity index (χ3v) is 5.19. The number of hydrogen-bond acceptors (Lipinski definition) is 4. The Morgan fingerprint density at radius 3 is 2.62 bits per heavy atom. The third kappa shape index (κ3) is 4.07. The Bertz CT molecular complexity index is 1060. The zero-order chi connectivity index (χ0) is 21.3. The number of carbonyl (C=O) groups is 2. The molecule has 8 nitrogen and oxygen atoms in total. The third-order valence-electron chi connectivity index (χ3n) is 4.87. The van der Waals surface area contributed by atoms with Crippen LogP contribution in [-0.2, 0) is 4.79 Å². The summed E-state index contributed by atoms with van der Waals surface area (Å²) >= 11 is 5.89. The van der Waals surface area contributed by atoms with Crippen LogP contribution in [0, 0.1) is 24.0 Å². The molecule has 2 aromatic rings. The van der Waals surface area contributed by atoms with E-state index in [2.05, 4.69) is 16.0 Å². The van der Waals surface area contributed by atoms with E-state index in [9.17, 15) is 19.7 Å². The van der Waals surface area contributed by atoms with Crippen molar-refractivity contribution in [2.24, 2.45) is 0 Å². The molecule has 1 atom stereocenters. The molecule has 1 heterocycles. The fourth-order valence-corrected chi connectivity index (χ4v) is 3.36. The summed E-state index contributed by atoms with van der Waals surface area (Å²) in [5, 5.41) is 19.3. The van der Waals surface area contributed by atoms with Crippen LogP contribution in [0.2, 0.25) is 5.02 Å². The van der Waals surface area contributed by atoms with Crippen LogP contribution in [0.4, 0.5) is 16.2 Å². The van der Waals surface area contributed by atoms with Crippen LogP contribution in [0.3, 0.4) is 0 Å². The number of nitrogens with one attached hydrogen (secondary N) is 3. The maximum Gasteiger partial charge on any atom is 0.319 e. The van der Waals surface area contributed by atoms with Crippen molar-refractivity contribution in [1.29, 1.82) is 0 Å². The van der Waals surface area contributed by atoms with Gasteiger partial charge in [-0.3, -0.25) is 14.9 Å². The van der Waals surface area contributed by atoms with E-state index in [0.29, 0.717) is 16.9 Å². The molecule has 9 heteroatoms. The zero-order valence-corrected chi connectivity index (χ0v) is 16.8. The SMILES string of the molecule is CC1=C(C(=O)Nc2cccc(C)c2C)[C@@H](c2ccc(Cl)c([N+](=O)[O-])c2)NC(=O)N1. The number of urea groups is 1. The summed E-state index contributed by atoms with van der Waals surface area (Å²) in [5.74, 6) is -0.425. The smallest absolute Gasteiger partial charge is 0.319 e. The number of rotatable bonds is 4. The number of halogens is 1. The fourth-order valence-electron chi connectivity index (χ4n) is 3.17. The Kier molecular flexibility index (Phi) is 5.56. The van der Waals surface area contributed by atoms with Crippen LogP contribution < -0.4 is 16.0 Å². The number of nitrogens with zero attached hydrogens (tertiary/aromatic N) is 1. The molecule has 3 rings (SSSR count). The standard InChI is InChI=1S/C20H19ClN4O4/c1-10-5-4-6-15(11(10)2)23-19(26)17-12(3)22-20(27)24-18(17)13-7-8-14(21)16(9-13)25(28)29/h4-9,18H,1-3H3,(H,23,26)(H2,22,24,27)/t18-/m1/s1. The van der Waals surface area contributed by atoms with E-state index in [1.807, 2.05) is 26.0 Å². The van der Waals surface area contributed by atoms with Crippen molar-refractivity contribution in [3.63, 3.8) is 0 Å². The number of hydrogen-bond donors (Lipinski definition) is 3. The minimum absolute atomic E-state index is 0.0268. The van der Waals surface area contributed by atoms with Crippen LogP contribution in [-0.4, -0.2) is 16.9 Å². The molecule has 0 saturated heterocycles. The van der Waals surface area contributed by atoms with Gasteiger partial charge in [-0.25, -0.2) is 4.79 Å². The second-order valence-corrected chi connectivity index (χ2v) is 7.15. The van der Waals surface area contributed by atoms with Gasteiger partial charge in [-0.1, -0.05) is 29.8 Å². The van der Waals surface area contributed by atoms with Crippen molar-refractivity contribution < 1.29 is 14.5 Å². The number of carbonyl (C=O) groups excluding carboxylic acids is 2. The highest BCUT2D eigenvalue weighted by Crippen LogP contribution is 2.33. The summed E-state index contributed by atoms with van der Waals surface area (Å²) < 4.78 is 0. The van der Waals surface area contributed by atoms with Crippen LogP contribution in [0.25, 0.3) is 0 Å². The maximum atomic E-state index is 13.1. The molecule has 3 amide bonds. The van der Waals surface area contributed by atoms with Gasteiger partial charge in [-0.05, 0) is 49.6 Å². The van der Waals surface area contributed by atoms with Gasteiger partial charge in [0.25, 0.3) is 11.6 Å². The number of nitro benzene ring substituents is 1. The van der Waals surface area contributed by atoms with Crippen LogP contribution in [0.5, 0.6) is 0 Å². The second kappa shape index (κ2) is 7.92. The molecule has 1 aliphatic heterocycles. The van der Waals surface area contributed by atoms with Crippen molar-refractivity contribution >= 4 is 34.9 Å². The second-order valence-electron chi connectivity index (χ2n) is 6.74. The number of benzene rings is 2. The van der Waals surface area contributed by atoms with E-state index < -0.39 is 22.9 Å². The Morgan fingerprint density at radius 1 is 1.21 bits per heavy atom. The van der Waals surface area contributed by atoms with Gasteiger partial charge in [0.1, 0.15) is 5.02 Å². The van der Waals surface area contributed by atoms with Gasteiger partial charge < -0.3 is 16.0 Å². The van der Waals surface area contributed by atoms with Crippen LogP contribution >= 0.6 is 11.6 Å². The number of anilines is 1. The Morgan fingerprint density at radius 2 is 1.93 bits per heavy atom. The Labute approximate surface area is 172 Å². The lowest BCUT2D eigenvalue weighted by molar-refractivity contribution is -0.384. The predicted octanol–water partition coefficient (Wildman–Crippen LogP) is 4.13. The van der Waals surface area contributed by atoms with Gasteiger partial charge in [0, 0.05) is 17.5 Å². The van der Waals surface area contributed by atoms with Gasteiger partial charge >= 0.3 is 6.03 Å². The summed E-state index contributed by atoms with van der Waals surface area (Å²) in [6.45, 7) is 5.44. The van der Waals surface area contributed by atoms with Crippen molar-refractivity contribution in [2.75, 3.05) is 5.32 Å².